The summed E-state index contributed by atoms with van der Waals surface area (Å²) in [6, 6.07) is 52.3. The molecule has 164 valence electrons. The largest absolute Gasteiger partial charge is 0.234 e. The molecule has 2 nitrogen and oxygen atoms in total. The maximum absolute atomic E-state index is 5.64. The van der Waals surface area contributed by atoms with Crippen LogP contribution in [0.25, 0.3) is 0 Å². The third kappa shape index (κ3) is 4.55. The lowest BCUT2D eigenvalue weighted by molar-refractivity contribution is 1.46. The average molecular weight is 457 g/mol. The van der Waals surface area contributed by atoms with E-state index in [1.54, 1.807) is 0 Å². The highest BCUT2D eigenvalue weighted by Crippen LogP contribution is 2.47. The predicted molar refractivity (Wildman–Crippen MR) is 147 cm³/mol. The normalized spacial score (nSPS) is 11.7. The summed E-state index contributed by atoms with van der Waals surface area (Å²) in [5.74, 6) is 0.733. The highest BCUT2D eigenvalue weighted by molar-refractivity contribution is 7.87. The lowest BCUT2D eigenvalue weighted by Crippen LogP contribution is -2.26. The van der Waals surface area contributed by atoms with Gasteiger partial charge in [-0.3, -0.25) is 0 Å². The molecule has 0 amide bonds. The summed E-state index contributed by atoms with van der Waals surface area (Å²) >= 11 is 0. The Bertz CT molecular complexity index is 1310. The lowest BCUT2D eigenvalue weighted by atomic mass is 10.2. The Hall–Kier alpha value is -4.00. The minimum Gasteiger partial charge on any atom is -0.234 e. The zero-order valence-electron chi connectivity index (χ0n) is 18.8. The van der Waals surface area contributed by atoms with Gasteiger partial charge >= 0.3 is 0 Å². The van der Waals surface area contributed by atoms with Gasteiger partial charge in [-0.2, -0.15) is 0 Å². The van der Waals surface area contributed by atoms with Crippen molar-refractivity contribution in [1.82, 2.24) is 0 Å². The summed E-state index contributed by atoms with van der Waals surface area (Å²) in [4.78, 5) is 5.07. The summed E-state index contributed by atoms with van der Waals surface area (Å²) in [5, 5.41) is 3.59. The van der Waals surface area contributed by atoms with Crippen molar-refractivity contribution in [2.75, 3.05) is 0 Å². The van der Waals surface area contributed by atoms with E-state index >= 15 is 0 Å². The molecule has 0 unspecified atom stereocenters. The van der Waals surface area contributed by atoms with E-state index in [0.717, 1.165) is 17.1 Å². The van der Waals surface area contributed by atoms with Gasteiger partial charge in [-0.15, -0.1) is 0 Å². The van der Waals surface area contributed by atoms with Crippen molar-refractivity contribution in [2.45, 2.75) is 0 Å². The molecule has 0 fully saturated rings. The van der Waals surface area contributed by atoms with Gasteiger partial charge in [0.2, 0.25) is 0 Å². The molecule has 0 N–H and O–H groups in total. The fraction of sp³-hybridized carbons (Fsp3) is 0. The van der Waals surface area contributed by atoms with Crippen molar-refractivity contribution in [3.63, 3.8) is 0 Å². The molecular weight excluding hydrogens is 431 g/mol. The van der Waals surface area contributed by atoms with Crippen LogP contribution < -0.4 is 15.9 Å². The van der Waals surface area contributed by atoms with Crippen LogP contribution >= 0.6 is 7.05 Å². The van der Waals surface area contributed by atoms with Gasteiger partial charge in [-0.25, -0.2) is 9.74 Å². The maximum atomic E-state index is 5.64. The lowest BCUT2D eigenvalue weighted by Gasteiger charge is -2.27. The van der Waals surface area contributed by atoms with Crippen LogP contribution in [0.4, 0.5) is 5.69 Å². The second-order valence-corrected chi connectivity index (χ2v) is 10.9. The van der Waals surface area contributed by atoms with Gasteiger partial charge in [0.15, 0.2) is 5.84 Å². The highest BCUT2D eigenvalue weighted by Gasteiger charge is 2.28. The van der Waals surface area contributed by atoms with E-state index in [1.165, 1.54) is 15.9 Å². The zero-order chi connectivity index (χ0) is 23.1. The van der Waals surface area contributed by atoms with E-state index in [4.69, 9.17) is 9.74 Å². The molecule has 0 saturated carbocycles. The van der Waals surface area contributed by atoms with Crippen LogP contribution in [-0.4, -0.2) is 5.84 Å². The van der Waals surface area contributed by atoms with Crippen molar-refractivity contribution in [1.29, 1.82) is 0 Å². The first-order chi connectivity index (χ1) is 16.9. The Morgan fingerprint density at radius 1 is 0.412 bits per heavy atom. The number of hydrogen-bond acceptors (Lipinski definition) is 1. The topological polar surface area (TPSA) is 24.7 Å². The standard InChI is InChI=1S/C31H25N2P/c1-6-16-26(17-7-1)31(32-27-18-8-2-9-19-27)33-34(28-20-10-3-11-21-28,29-22-12-4-13-23-29)30-24-14-5-15-25-30/h1-25H. The van der Waals surface area contributed by atoms with E-state index in [-0.39, 0.29) is 0 Å². The van der Waals surface area contributed by atoms with Crippen LogP contribution in [0.3, 0.4) is 0 Å². The van der Waals surface area contributed by atoms with Crippen LogP contribution in [0.15, 0.2) is 161 Å². The number of benzene rings is 5. The Labute approximate surface area is 201 Å². The van der Waals surface area contributed by atoms with Gasteiger partial charge in [0, 0.05) is 21.5 Å². The summed E-state index contributed by atoms with van der Waals surface area (Å²) in [5.41, 5.74) is 1.89. The van der Waals surface area contributed by atoms with Crippen molar-refractivity contribution < 1.29 is 0 Å². The van der Waals surface area contributed by atoms with E-state index in [0.29, 0.717) is 0 Å². The molecule has 5 aromatic carbocycles. The minimum absolute atomic E-state index is 0.733. The first-order valence-corrected chi connectivity index (χ1v) is 13.1. The van der Waals surface area contributed by atoms with Gasteiger partial charge in [0.1, 0.15) is 0 Å². The minimum atomic E-state index is -2.42. The monoisotopic (exact) mass is 456 g/mol. The second-order valence-electron chi connectivity index (χ2n) is 7.88. The molecule has 5 aromatic rings. The van der Waals surface area contributed by atoms with Crippen LogP contribution in [0.2, 0.25) is 0 Å². The maximum Gasteiger partial charge on any atom is 0.159 e. The van der Waals surface area contributed by atoms with Gasteiger partial charge in [0.25, 0.3) is 0 Å². The van der Waals surface area contributed by atoms with Gasteiger partial charge in [0.05, 0.1) is 12.7 Å². The average Bonchev–Trinajstić information content (AvgIpc) is 2.93. The molecule has 0 atom stereocenters. The molecule has 0 aliphatic rings. The molecule has 0 radical (unpaired) electrons. The molecule has 0 spiro atoms. The van der Waals surface area contributed by atoms with Crippen LogP contribution in [0.1, 0.15) is 5.56 Å². The van der Waals surface area contributed by atoms with Crippen molar-refractivity contribution in [3.05, 3.63) is 157 Å². The Morgan fingerprint density at radius 2 is 0.765 bits per heavy atom. The van der Waals surface area contributed by atoms with E-state index in [9.17, 15) is 0 Å². The third-order valence-corrected chi connectivity index (χ3v) is 9.28. The molecular formula is C31H25N2P. The number of nitrogens with zero attached hydrogens (tertiary/aromatic N) is 2. The quantitative estimate of drug-likeness (QED) is 0.155. The zero-order valence-corrected chi connectivity index (χ0v) is 19.7. The van der Waals surface area contributed by atoms with E-state index < -0.39 is 7.05 Å². The number of rotatable bonds is 5. The van der Waals surface area contributed by atoms with Crippen LogP contribution in [-0.2, 0) is 0 Å². The van der Waals surface area contributed by atoms with Gasteiger partial charge in [-0.05, 0) is 12.1 Å². The smallest absolute Gasteiger partial charge is 0.159 e. The summed E-state index contributed by atoms with van der Waals surface area (Å²) in [6.45, 7) is 0. The van der Waals surface area contributed by atoms with Crippen LogP contribution in [0, 0.1) is 0 Å². The summed E-state index contributed by atoms with van der Waals surface area (Å²) in [7, 11) is -2.42. The highest BCUT2D eigenvalue weighted by atomic mass is 31.2. The first-order valence-electron chi connectivity index (χ1n) is 11.3. The Balaban J connectivity index is 1.90. The Morgan fingerprint density at radius 3 is 1.18 bits per heavy atom. The molecule has 34 heavy (non-hydrogen) atoms. The molecule has 5 rings (SSSR count). The van der Waals surface area contributed by atoms with Crippen molar-refractivity contribution >= 4 is 34.5 Å². The molecule has 0 aromatic heterocycles. The number of amidine groups is 1. The number of aliphatic imine (C=N–C) groups is 1. The third-order valence-electron chi connectivity index (χ3n) is 5.66. The molecule has 0 heterocycles. The molecule has 0 saturated heterocycles. The van der Waals surface area contributed by atoms with Gasteiger partial charge < -0.3 is 0 Å². The summed E-state index contributed by atoms with van der Waals surface area (Å²) < 4.78 is 5.64. The summed E-state index contributed by atoms with van der Waals surface area (Å²) in [6.07, 6.45) is 0. The first kappa shape index (κ1) is 21.8. The number of hydrogen-bond donors (Lipinski definition) is 0. The number of para-hydroxylation sites is 1. The fourth-order valence-corrected chi connectivity index (χ4v) is 7.55. The SMILES string of the molecule is c1ccc(N=C(N=P(c2ccccc2)(c2ccccc2)c2ccccc2)c2ccccc2)cc1. The van der Waals surface area contributed by atoms with Crippen LogP contribution in [0.5, 0.6) is 0 Å². The molecule has 3 heteroatoms. The molecule has 0 aliphatic carbocycles. The van der Waals surface area contributed by atoms with Gasteiger partial charge in [-0.1, -0.05) is 140 Å². The molecule has 0 bridgehead atoms. The predicted octanol–water partition coefficient (Wildman–Crippen LogP) is 6.94. The van der Waals surface area contributed by atoms with E-state index in [2.05, 4.69) is 103 Å². The fourth-order valence-electron chi connectivity index (χ4n) is 4.05. The second kappa shape index (κ2) is 10.3. The van der Waals surface area contributed by atoms with E-state index in [1.807, 2.05) is 48.5 Å². The van der Waals surface area contributed by atoms with Crippen molar-refractivity contribution in [2.24, 2.45) is 9.74 Å². The Kier molecular flexibility index (Phi) is 6.61. The molecule has 0 aliphatic heterocycles. The van der Waals surface area contributed by atoms with Crippen molar-refractivity contribution in [3.8, 4) is 0 Å².